The Morgan fingerprint density at radius 3 is 2.17 bits per heavy atom. The Hall–Kier alpha value is -1.78. The second-order valence-corrected chi connectivity index (χ2v) is 4.26. The highest BCUT2D eigenvalue weighted by Crippen LogP contribution is 2.38. The number of carbonyl (C=O) groups excluding carboxylic acids is 1. The van der Waals surface area contributed by atoms with Gasteiger partial charge in [-0.3, -0.25) is 0 Å². The Balaban J connectivity index is 2.26. The van der Waals surface area contributed by atoms with Crippen molar-refractivity contribution in [1.82, 2.24) is 0 Å². The van der Waals surface area contributed by atoms with Crippen molar-refractivity contribution >= 4 is 5.97 Å². The van der Waals surface area contributed by atoms with Crippen LogP contribution in [0, 0.1) is 5.92 Å². The van der Waals surface area contributed by atoms with Crippen LogP contribution in [0.15, 0.2) is 36.4 Å². The van der Waals surface area contributed by atoms with Gasteiger partial charge in [-0.05, 0) is 17.7 Å². The second-order valence-electron chi connectivity index (χ2n) is 4.26. The van der Waals surface area contributed by atoms with Crippen molar-refractivity contribution in [3.63, 3.8) is 0 Å². The van der Waals surface area contributed by atoms with Gasteiger partial charge in [0.25, 0.3) is 0 Å². The third kappa shape index (κ3) is 2.12. The number of hydrogen-bond acceptors (Lipinski definition) is 2. The lowest BCUT2D eigenvalue weighted by molar-refractivity contribution is -0.140. The normalized spacial score (nSPS) is 24.2. The first-order chi connectivity index (χ1) is 8.30. The molecule has 0 amide bonds. The van der Waals surface area contributed by atoms with Gasteiger partial charge in [-0.25, -0.2) is 4.79 Å². The van der Waals surface area contributed by atoms with Crippen LogP contribution in [0.5, 0.6) is 0 Å². The number of rotatable bonds is 1. The lowest BCUT2D eigenvalue weighted by atomic mass is 9.94. The first-order valence-corrected chi connectivity index (χ1v) is 5.37. The molecule has 1 aromatic carbocycles. The van der Waals surface area contributed by atoms with E-state index in [4.69, 9.17) is 4.74 Å². The molecule has 0 unspecified atom stereocenters. The molecule has 0 radical (unpaired) electrons. The Bertz CT molecular complexity index is 488. The highest BCUT2D eigenvalue weighted by molar-refractivity contribution is 5.90. The second kappa shape index (κ2) is 4.15. The van der Waals surface area contributed by atoms with E-state index in [0.29, 0.717) is 11.1 Å². The molecule has 0 aromatic heterocycles. The molecular formula is C13H11F3O2. The van der Waals surface area contributed by atoms with Gasteiger partial charge in [-0.15, -0.1) is 0 Å². The molecule has 0 spiro atoms. The fourth-order valence-electron chi connectivity index (χ4n) is 1.88. The minimum atomic E-state index is -4.36. The molecule has 2 nitrogen and oxygen atoms in total. The topological polar surface area (TPSA) is 26.3 Å². The van der Waals surface area contributed by atoms with Gasteiger partial charge in [-0.2, -0.15) is 13.2 Å². The molecule has 2 rings (SSSR count). The number of carbonyl (C=O) groups is 1. The van der Waals surface area contributed by atoms with Gasteiger partial charge in [0.05, 0.1) is 5.56 Å². The minimum Gasteiger partial charge on any atom is -0.453 e. The summed E-state index contributed by atoms with van der Waals surface area (Å²) >= 11 is 0. The average Bonchev–Trinajstić information content (AvgIpc) is 2.56. The monoisotopic (exact) mass is 256 g/mol. The minimum absolute atomic E-state index is 0.228. The smallest absolute Gasteiger partial charge is 0.416 e. The van der Waals surface area contributed by atoms with Crippen molar-refractivity contribution < 1.29 is 22.7 Å². The van der Waals surface area contributed by atoms with Crippen molar-refractivity contribution in [3.8, 4) is 0 Å². The maximum absolute atomic E-state index is 12.4. The van der Waals surface area contributed by atoms with E-state index in [1.165, 1.54) is 12.1 Å². The third-order valence-electron chi connectivity index (χ3n) is 3.07. The van der Waals surface area contributed by atoms with Crippen molar-refractivity contribution in [3.05, 3.63) is 47.5 Å². The number of hydrogen-bond donors (Lipinski definition) is 0. The first-order valence-electron chi connectivity index (χ1n) is 5.37. The molecule has 0 bridgehead atoms. The van der Waals surface area contributed by atoms with Crippen LogP contribution in [0.25, 0.3) is 0 Å². The molecule has 1 aliphatic rings. The summed E-state index contributed by atoms with van der Waals surface area (Å²) in [4.78, 5) is 11.3. The summed E-state index contributed by atoms with van der Waals surface area (Å²) in [5, 5.41) is 0. The van der Waals surface area contributed by atoms with Crippen LogP contribution in [0.3, 0.4) is 0 Å². The number of ether oxygens (including phenoxy) is 1. The summed E-state index contributed by atoms with van der Waals surface area (Å²) in [5.41, 5.74) is 0.171. The Labute approximate surface area is 102 Å². The Morgan fingerprint density at radius 2 is 1.78 bits per heavy atom. The van der Waals surface area contributed by atoms with Gasteiger partial charge in [0.15, 0.2) is 0 Å². The summed E-state index contributed by atoms with van der Waals surface area (Å²) in [6.45, 7) is 5.35. The van der Waals surface area contributed by atoms with Crippen LogP contribution >= 0.6 is 0 Å². The number of esters is 1. The van der Waals surface area contributed by atoms with E-state index >= 15 is 0 Å². The molecule has 18 heavy (non-hydrogen) atoms. The molecular weight excluding hydrogens is 245 g/mol. The largest absolute Gasteiger partial charge is 0.453 e. The highest BCUT2D eigenvalue weighted by atomic mass is 19.4. The molecule has 1 heterocycles. The summed E-state index contributed by atoms with van der Waals surface area (Å²) < 4.78 is 42.3. The number of benzene rings is 1. The summed E-state index contributed by atoms with van der Waals surface area (Å²) in [6, 6.07) is 4.62. The van der Waals surface area contributed by atoms with Crippen LogP contribution in [-0.2, 0) is 15.7 Å². The number of alkyl halides is 3. The van der Waals surface area contributed by atoms with Gasteiger partial charge in [-0.1, -0.05) is 25.6 Å². The third-order valence-corrected chi connectivity index (χ3v) is 3.07. The molecule has 1 saturated heterocycles. The summed E-state index contributed by atoms with van der Waals surface area (Å²) in [5.74, 6) is -0.721. The van der Waals surface area contributed by atoms with Crippen LogP contribution in [0.1, 0.15) is 24.2 Å². The molecule has 5 heteroatoms. The standard InChI is InChI=1S/C13H11F3O2/c1-7-8(2)12(17)18-11(7)9-3-5-10(6-4-9)13(14,15)16/h3-7,11H,2H2,1H3/t7-,11+/m1/s1. The van der Waals surface area contributed by atoms with E-state index in [-0.39, 0.29) is 5.92 Å². The zero-order valence-electron chi connectivity index (χ0n) is 9.62. The van der Waals surface area contributed by atoms with E-state index < -0.39 is 23.8 Å². The fourth-order valence-corrected chi connectivity index (χ4v) is 1.88. The lowest BCUT2D eigenvalue weighted by Gasteiger charge is -2.15. The van der Waals surface area contributed by atoms with E-state index in [0.717, 1.165) is 12.1 Å². The molecule has 0 N–H and O–H groups in total. The van der Waals surface area contributed by atoms with Crippen molar-refractivity contribution in [2.75, 3.05) is 0 Å². The SMILES string of the molecule is C=C1C(=O)O[C@H](c2ccc(C(F)(F)F)cc2)[C@@H]1C. The van der Waals surface area contributed by atoms with Crippen LogP contribution in [0.4, 0.5) is 13.2 Å². The molecule has 1 fully saturated rings. The lowest BCUT2D eigenvalue weighted by Crippen LogP contribution is -2.07. The maximum Gasteiger partial charge on any atom is 0.416 e. The van der Waals surface area contributed by atoms with Crippen molar-refractivity contribution in [2.24, 2.45) is 5.92 Å². The van der Waals surface area contributed by atoms with E-state index in [1.807, 2.05) is 0 Å². The van der Waals surface area contributed by atoms with E-state index in [2.05, 4.69) is 6.58 Å². The Morgan fingerprint density at radius 1 is 1.22 bits per heavy atom. The number of cyclic esters (lactones) is 1. The van der Waals surface area contributed by atoms with Crippen molar-refractivity contribution in [1.29, 1.82) is 0 Å². The highest BCUT2D eigenvalue weighted by Gasteiger charge is 2.37. The predicted octanol–water partition coefficient (Wildman–Crippen LogP) is 3.50. The molecule has 1 aliphatic heterocycles. The molecule has 0 saturated carbocycles. The molecule has 1 aromatic rings. The van der Waals surface area contributed by atoms with E-state index in [9.17, 15) is 18.0 Å². The maximum atomic E-state index is 12.4. The van der Waals surface area contributed by atoms with Gasteiger partial charge >= 0.3 is 12.1 Å². The summed E-state index contributed by atoms with van der Waals surface area (Å²) in [6.07, 6.45) is -4.91. The molecule has 0 aliphatic carbocycles. The zero-order valence-corrected chi connectivity index (χ0v) is 9.62. The van der Waals surface area contributed by atoms with Crippen molar-refractivity contribution in [2.45, 2.75) is 19.2 Å². The van der Waals surface area contributed by atoms with Gasteiger partial charge in [0.1, 0.15) is 6.10 Å². The van der Waals surface area contributed by atoms with Gasteiger partial charge < -0.3 is 4.74 Å². The van der Waals surface area contributed by atoms with Crippen LogP contribution < -0.4 is 0 Å². The molecule has 96 valence electrons. The van der Waals surface area contributed by atoms with Gasteiger partial charge in [0, 0.05) is 11.5 Å². The fraction of sp³-hybridized carbons (Fsp3) is 0.308. The van der Waals surface area contributed by atoms with Crippen LogP contribution in [-0.4, -0.2) is 5.97 Å². The first kappa shape index (κ1) is 12.7. The van der Waals surface area contributed by atoms with Gasteiger partial charge in [0.2, 0.25) is 0 Å². The average molecular weight is 256 g/mol. The van der Waals surface area contributed by atoms with Crippen LogP contribution in [0.2, 0.25) is 0 Å². The van der Waals surface area contributed by atoms with E-state index in [1.54, 1.807) is 6.92 Å². The Kier molecular flexibility index (Phi) is 2.92. The number of halogens is 3. The summed E-state index contributed by atoms with van der Waals surface area (Å²) in [7, 11) is 0. The zero-order chi connectivity index (χ0) is 13.5. The predicted molar refractivity (Wildman–Crippen MR) is 58.6 cm³/mol. The molecule has 2 atom stereocenters. The quantitative estimate of drug-likeness (QED) is 0.568.